The van der Waals surface area contributed by atoms with E-state index >= 15 is 0 Å². The zero-order valence-corrected chi connectivity index (χ0v) is 15.7. The van der Waals surface area contributed by atoms with Gasteiger partial charge in [-0.15, -0.1) is 0 Å². The molecule has 0 radical (unpaired) electrons. The van der Waals surface area contributed by atoms with E-state index in [0.29, 0.717) is 0 Å². The van der Waals surface area contributed by atoms with Crippen molar-refractivity contribution in [1.29, 1.82) is 0 Å². The Bertz CT molecular complexity index is 1060. The van der Waals surface area contributed by atoms with Gasteiger partial charge in [-0.1, -0.05) is 42.5 Å². The van der Waals surface area contributed by atoms with Crippen molar-refractivity contribution in [3.8, 4) is 0 Å². The Balaban J connectivity index is 2.14. The molecule has 0 atom stereocenters. The van der Waals surface area contributed by atoms with E-state index in [0.717, 1.165) is 6.21 Å². The lowest BCUT2D eigenvalue weighted by Gasteiger charge is -2.15. The van der Waals surface area contributed by atoms with Crippen molar-refractivity contribution in [3.05, 3.63) is 85.1 Å². The summed E-state index contributed by atoms with van der Waals surface area (Å²) in [5.41, 5.74) is 0. The number of sulfone groups is 2. The van der Waals surface area contributed by atoms with Crippen molar-refractivity contribution in [3.63, 3.8) is 0 Å². The van der Waals surface area contributed by atoms with Crippen LogP contribution >= 0.6 is 0 Å². The Hall–Kier alpha value is -2.84. The predicted molar refractivity (Wildman–Crippen MR) is 103 cm³/mol. The number of pyridine rings is 1. The van der Waals surface area contributed by atoms with Crippen LogP contribution in [0.15, 0.2) is 99.8 Å². The van der Waals surface area contributed by atoms with E-state index in [1.54, 1.807) is 30.3 Å². The van der Waals surface area contributed by atoms with E-state index in [4.69, 9.17) is 0 Å². The summed E-state index contributed by atoms with van der Waals surface area (Å²) in [4.78, 5) is 7.78. The zero-order chi connectivity index (χ0) is 19.3. The molecule has 1 heterocycles. The van der Waals surface area contributed by atoms with Crippen molar-refractivity contribution < 1.29 is 16.8 Å². The number of benzene rings is 2. The van der Waals surface area contributed by atoms with E-state index in [2.05, 4.69) is 9.98 Å². The van der Waals surface area contributed by atoms with Crippen LogP contribution in [0, 0.1) is 0 Å². The van der Waals surface area contributed by atoms with Gasteiger partial charge in [-0.05, 0) is 36.4 Å². The van der Waals surface area contributed by atoms with Crippen molar-refractivity contribution >= 4 is 31.7 Å². The summed E-state index contributed by atoms with van der Waals surface area (Å²) in [5, 5.41) is 0. The number of aliphatic imine (C=N–C) groups is 1. The summed E-state index contributed by atoms with van der Waals surface area (Å²) >= 11 is 0. The molecule has 1 aromatic heterocycles. The molecule has 0 N–H and O–H groups in total. The fourth-order valence-corrected chi connectivity index (χ4v) is 6.44. The number of rotatable bonds is 6. The molecule has 8 heteroatoms. The second-order valence-electron chi connectivity index (χ2n) is 5.55. The molecule has 0 aliphatic carbocycles. The van der Waals surface area contributed by atoms with Gasteiger partial charge in [0.25, 0.3) is 0 Å². The van der Waals surface area contributed by atoms with E-state index in [1.165, 1.54) is 54.7 Å². The van der Waals surface area contributed by atoms with Gasteiger partial charge in [0.1, 0.15) is 0 Å². The fourth-order valence-electron chi connectivity index (χ4n) is 2.38. The summed E-state index contributed by atoms with van der Waals surface area (Å²) in [6.07, 6.45) is 2.41. The lowest BCUT2D eigenvalue weighted by Crippen LogP contribution is -2.32. The number of nitrogens with zero attached hydrogens (tertiary/aromatic N) is 2. The minimum Gasteiger partial charge on any atom is -0.239 e. The minimum atomic E-state index is -4.24. The molecule has 6 nitrogen and oxygen atoms in total. The molecule has 0 unspecified atom stereocenters. The Labute approximate surface area is 158 Å². The maximum atomic E-state index is 13.1. The molecule has 3 rings (SSSR count). The SMILES string of the molecule is O=S(=O)(c1ccccc1)C(C=Nc1ccccn1)S(=O)(=O)c1ccccc1. The summed E-state index contributed by atoms with van der Waals surface area (Å²) < 4.78 is 50.5. The third-order valence-corrected chi connectivity index (χ3v) is 8.58. The van der Waals surface area contributed by atoms with Crippen LogP contribution in [0.1, 0.15) is 0 Å². The molecule has 0 amide bonds. The van der Waals surface area contributed by atoms with Crippen LogP contribution < -0.4 is 0 Å². The van der Waals surface area contributed by atoms with E-state index in [9.17, 15) is 16.8 Å². The van der Waals surface area contributed by atoms with Crippen LogP contribution in [0.25, 0.3) is 0 Å². The quantitative estimate of drug-likeness (QED) is 0.593. The third kappa shape index (κ3) is 4.12. The molecule has 0 spiro atoms. The number of hydrogen-bond donors (Lipinski definition) is 0. The van der Waals surface area contributed by atoms with Crippen molar-refractivity contribution in [2.75, 3.05) is 0 Å². The first-order valence-electron chi connectivity index (χ1n) is 7.95. The molecular formula is C19H16N2O4S2. The van der Waals surface area contributed by atoms with Crippen LogP contribution in [0.2, 0.25) is 0 Å². The monoisotopic (exact) mass is 400 g/mol. The molecule has 3 aromatic rings. The average Bonchev–Trinajstić information content (AvgIpc) is 2.70. The fraction of sp³-hybridized carbons (Fsp3) is 0.0526. The minimum absolute atomic E-state index is 0.0954. The van der Waals surface area contributed by atoms with Crippen LogP contribution in [-0.4, -0.2) is 32.6 Å². The normalized spacial score (nSPS) is 12.5. The molecule has 0 aliphatic rings. The Morgan fingerprint density at radius 3 is 1.63 bits per heavy atom. The van der Waals surface area contributed by atoms with Gasteiger partial charge in [0.2, 0.25) is 24.3 Å². The van der Waals surface area contributed by atoms with E-state index < -0.39 is 24.3 Å². The van der Waals surface area contributed by atoms with Gasteiger partial charge in [0.05, 0.1) is 9.79 Å². The van der Waals surface area contributed by atoms with Gasteiger partial charge in [0.15, 0.2) is 5.82 Å². The van der Waals surface area contributed by atoms with Crippen molar-refractivity contribution in [2.45, 2.75) is 14.4 Å². The Kier molecular flexibility index (Phi) is 5.48. The maximum absolute atomic E-state index is 13.1. The Morgan fingerprint density at radius 2 is 1.19 bits per heavy atom. The smallest absolute Gasteiger partial charge is 0.206 e. The van der Waals surface area contributed by atoms with E-state index in [1.807, 2.05) is 0 Å². The highest BCUT2D eigenvalue weighted by Gasteiger charge is 2.38. The first-order chi connectivity index (χ1) is 12.9. The maximum Gasteiger partial charge on any atom is 0.206 e. The highest BCUT2D eigenvalue weighted by atomic mass is 32.3. The number of hydrogen-bond acceptors (Lipinski definition) is 6. The van der Waals surface area contributed by atoms with Crippen LogP contribution in [0.5, 0.6) is 0 Å². The second kappa shape index (κ2) is 7.81. The molecule has 0 aliphatic heterocycles. The molecule has 27 heavy (non-hydrogen) atoms. The Morgan fingerprint density at radius 1 is 0.704 bits per heavy atom. The molecule has 138 valence electrons. The predicted octanol–water partition coefficient (Wildman–Crippen LogP) is 3.06. The first kappa shape index (κ1) is 18.9. The summed E-state index contributed by atoms with van der Waals surface area (Å²) in [6, 6.07) is 19.8. The number of aromatic nitrogens is 1. The summed E-state index contributed by atoms with van der Waals surface area (Å²) in [6.45, 7) is 0. The molecule has 0 saturated heterocycles. The molecule has 0 fully saturated rings. The highest BCUT2D eigenvalue weighted by Crippen LogP contribution is 2.25. The van der Waals surface area contributed by atoms with Gasteiger partial charge < -0.3 is 0 Å². The lowest BCUT2D eigenvalue weighted by atomic mass is 10.4. The van der Waals surface area contributed by atoms with Gasteiger partial charge in [0, 0.05) is 12.4 Å². The van der Waals surface area contributed by atoms with Crippen LogP contribution in [0.3, 0.4) is 0 Å². The van der Waals surface area contributed by atoms with Crippen molar-refractivity contribution in [1.82, 2.24) is 4.98 Å². The van der Waals surface area contributed by atoms with Gasteiger partial charge in [-0.3, -0.25) is 0 Å². The van der Waals surface area contributed by atoms with Crippen LogP contribution in [-0.2, 0) is 19.7 Å². The van der Waals surface area contributed by atoms with Crippen molar-refractivity contribution in [2.24, 2.45) is 4.99 Å². The van der Waals surface area contributed by atoms with E-state index in [-0.39, 0.29) is 15.6 Å². The zero-order valence-electron chi connectivity index (χ0n) is 14.1. The molecule has 0 bridgehead atoms. The van der Waals surface area contributed by atoms with Gasteiger partial charge in [-0.25, -0.2) is 26.8 Å². The molecule has 0 saturated carbocycles. The summed E-state index contributed by atoms with van der Waals surface area (Å²) in [5.74, 6) is 0.217. The summed E-state index contributed by atoms with van der Waals surface area (Å²) in [7, 11) is -8.48. The third-order valence-electron chi connectivity index (χ3n) is 3.73. The largest absolute Gasteiger partial charge is 0.239 e. The second-order valence-corrected chi connectivity index (χ2v) is 9.99. The lowest BCUT2D eigenvalue weighted by molar-refractivity contribution is 0.584. The molecule has 2 aromatic carbocycles. The average molecular weight is 400 g/mol. The standard InChI is InChI=1S/C19H16N2O4S2/c22-26(23,16-9-3-1-4-10-16)19(15-21-18-13-7-8-14-20-18)27(24,25)17-11-5-2-6-12-17/h1-15,19H. The molecular weight excluding hydrogens is 384 g/mol. The van der Waals surface area contributed by atoms with Gasteiger partial charge >= 0.3 is 0 Å². The van der Waals surface area contributed by atoms with Crippen LogP contribution in [0.4, 0.5) is 5.82 Å². The first-order valence-corrected chi connectivity index (χ1v) is 11.0. The topological polar surface area (TPSA) is 93.5 Å². The highest BCUT2D eigenvalue weighted by molar-refractivity contribution is 8.10. The van der Waals surface area contributed by atoms with Gasteiger partial charge in [-0.2, -0.15) is 0 Å².